The molecule has 2 aromatic rings. The van der Waals surface area contributed by atoms with Crippen LogP contribution in [-0.2, 0) is 4.74 Å². The minimum Gasteiger partial charge on any atom is -0.390 e. The van der Waals surface area contributed by atoms with Crippen LogP contribution in [0.3, 0.4) is 0 Å². The van der Waals surface area contributed by atoms with Crippen LogP contribution in [0.5, 0.6) is 0 Å². The summed E-state index contributed by atoms with van der Waals surface area (Å²) in [7, 11) is 0. The van der Waals surface area contributed by atoms with Crippen molar-refractivity contribution in [3.05, 3.63) is 34.5 Å². The van der Waals surface area contributed by atoms with Crippen molar-refractivity contribution in [2.75, 3.05) is 19.7 Å². The highest BCUT2D eigenvalue weighted by Gasteiger charge is 2.44. The van der Waals surface area contributed by atoms with Gasteiger partial charge in [0.15, 0.2) is 0 Å². The second-order valence-electron chi connectivity index (χ2n) is 7.99. The topological polar surface area (TPSA) is 65.6 Å². The molecule has 1 aromatic heterocycles. The van der Waals surface area contributed by atoms with Crippen LogP contribution in [-0.4, -0.2) is 52.3 Å². The van der Waals surface area contributed by atoms with Crippen molar-refractivity contribution in [3.8, 4) is 0 Å². The molecule has 0 saturated carbocycles. The Kier molecular flexibility index (Phi) is 4.32. The van der Waals surface area contributed by atoms with Crippen LogP contribution in [0.4, 0.5) is 0 Å². The number of hydrogen-bond acceptors (Lipinski definition) is 3. The molecule has 0 unspecified atom stereocenters. The van der Waals surface area contributed by atoms with E-state index in [1.807, 2.05) is 11.8 Å². The molecule has 2 aliphatic heterocycles. The van der Waals surface area contributed by atoms with E-state index in [0.717, 1.165) is 29.3 Å². The highest BCUT2D eigenvalue weighted by molar-refractivity contribution is 6.01. The molecule has 0 aliphatic carbocycles. The molecule has 0 bridgehead atoms. The van der Waals surface area contributed by atoms with Gasteiger partial charge in [0.05, 0.1) is 11.7 Å². The zero-order chi connectivity index (χ0) is 18.5. The quantitative estimate of drug-likeness (QED) is 0.824. The van der Waals surface area contributed by atoms with Crippen molar-refractivity contribution >= 4 is 16.8 Å². The second kappa shape index (κ2) is 6.39. The van der Waals surface area contributed by atoms with E-state index in [1.165, 1.54) is 11.1 Å². The first-order valence-corrected chi connectivity index (χ1v) is 9.62. The highest BCUT2D eigenvalue weighted by atomic mass is 16.5. The van der Waals surface area contributed by atoms with Gasteiger partial charge in [-0.2, -0.15) is 0 Å². The third-order valence-corrected chi connectivity index (χ3v) is 6.24. The maximum absolute atomic E-state index is 13.1. The number of H-pyrrole nitrogens is 1. The van der Waals surface area contributed by atoms with Gasteiger partial charge in [0, 0.05) is 30.6 Å². The summed E-state index contributed by atoms with van der Waals surface area (Å²) in [5.41, 5.74) is 4.69. The summed E-state index contributed by atoms with van der Waals surface area (Å²) < 4.78 is 5.96. The van der Waals surface area contributed by atoms with Crippen molar-refractivity contribution in [1.82, 2.24) is 9.88 Å². The lowest BCUT2D eigenvalue weighted by Crippen LogP contribution is -2.56. The summed E-state index contributed by atoms with van der Waals surface area (Å²) >= 11 is 0. The van der Waals surface area contributed by atoms with E-state index in [-0.39, 0.29) is 5.91 Å². The number of fused-ring (bicyclic) bond motifs is 1. The van der Waals surface area contributed by atoms with Gasteiger partial charge < -0.3 is 19.7 Å². The number of aliphatic hydroxyl groups is 1. The van der Waals surface area contributed by atoms with Gasteiger partial charge in [0.2, 0.25) is 0 Å². The van der Waals surface area contributed by atoms with Gasteiger partial charge in [-0.1, -0.05) is 11.6 Å². The number of amides is 1. The van der Waals surface area contributed by atoms with Gasteiger partial charge in [0.25, 0.3) is 5.91 Å². The van der Waals surface area contributed by atoms with Crippen molar-refractivity contribution < 1.29 is 14.6 Å². The number of piperidine rings is 1. The third kappa shape index (κ3) is 2.74. The van der Waals surface area contributed by atoms with Crippen LogP contribution in [0.25, 0.3) is 10.9 Å². The number of ether oxygens (including phenoxy) is 1. The number of rotatable bonds is 1. The Morgan fingerprint density at radius 3 is 2.69 bits per heavy atom. The average molecular weight is 356 g/mol. The minimum atomic E-state index is -0.446. The zero-order valence-electron chi connectivity index (χ0n) is 15.9. The molecule has 1 aromatic carbocycles. The van der Waals surface area contributed by atoms with E-state index in [4.69, 9.17) is 4.74 Å². The number of aliphatic hydroxyl groups excluding tert-OH is 1. The zero-order valence-corrected chi connectivity index (χ0v) is 15.9. The van der Waals surface area contributed by atoms with Gasteiger partial charge in [-0.15, -0.1) is 0 Å². The SMILES string of the molecule is Cc1cc(C)c2[nH]c(C(=O)N3CCC4(CC3)OCCC[C@@H]4O)c(C)c2c1. The number of aromatic amines is 1. The first-order valence-electron chi connectivity index (χ1n) is 9.62. The Morgan fingerprint density at radius 1 is 1.27 bits per heavy atom. The summed E-state index contributed by atoms with van der Waals surface area (Å²) in [5, 5.41) is 11.5. The molecule has 2 saturated heterocycles. The van der Waals surface area contributed by atoms with E-state index in [0.29, 0.717) is 38.2 Å². The summed E-state index contributed by atoms with van der Waals surface area (Å²) in [5.74, 6) is 0.0518. The number of nitrogens with zero attached hydrogens (tertiary/aromatic N) is 1. The molecule has 2 fully saturated rings. The molecule has 1 spiro atoms. The smallest absolute Gasteiger partial charge is 0.270 e. The summed E-state index contributed by atoms with van der Waals surface area (Å²) in [6, 6.07) is 4.28. The van der Waals surface area contributed by atoms with E-state index >= 15 is 0 Å². The lowest BCUT2D eigenvalue weighted by molar-refractivity contribution is -0.174. The van der Waals surface area contributed by atoms with E-state index in [9.17, 15) is 9.90 Å². The summed E-state index contributed by atoms with van der Waals surface area (Å²) in [4.78, 5) is 18.4. The van der Waals surface area contributed by atoms with Gasteiger partial charge in [0.1, 0.15) is 5.69 Å². The van der Waals surface area contributed by atoms with Gasteiger partial charge >= 0.3 is 0 Å². The molecule has 1 atom stereocenters. The maximum Gasteiger partial charge on any atom is 0.270 e. The molecule has 2 aliphatic rings. The van der Waals surface area contributed by atoms with Crippen molar-refractivity contribution in [2.24, 2.45) is 0 Å². The first kappa shape index (κ1) is 17.6. The predicted molar refractivity (Wildman–Crippen MR) is 102 cm³/mol. The van der Waals surface area contributed by atoms with Crippen molar-refractivity contribution in [2.45, 2.75) is 58.2 Å². The molecule has 140 valence electrons. The Bertz CT molecular complexity index is 847. The van der Waals surface area contributed by atoms with E-state index in [1.54, 1.807) is 0 Å². The van der Waals surface area contributed by atoms with Crippen LogP contribution >= 0.6 is 0 Å². The Morgan fingerprint density at radius 2 is 2.00 bits per heavy atom. The lowest BCUT2D eigenvalue weighted by Gasteiger charge is -2.46. The Hall–Kier alpha value is -1.85. The third-order valence-electron chi connectivity index (χ3n) is 6.24. The average Bonchev–Trinajstić information content (AvgIpc) is 2.95. The normalized spacial score (nSPS) is 22.9. The Labute approximate surface area is 154 Å². The van der Waals surface area contributed by atoms with Crippen LogP contribution < -0.4 is 0 Å². The first-order chi connectivity index (χ1) is 12.4. The fourth-order valence-corrected chi connectivity index (χ4v) is 4.63. The molecule has 4 rings (SSSR count). The number of benzene rings is 1. The largest absolute Gasteiger partial charge is 0.390 e. The van der Waals surface area contributed by atoms with E-state index < -0.39 is 11.7 Å². The van der Waals surface area contributed by atoms with Crippen molar-refractivity contribution in [3.63, 3.8) is 0 Å². The number of likely N-dealkylation sites (tertiary alicyclic amines) is 1. The number of nitrogens with one attached hydrogen (secondary N) is 1. The molecule has 3 heterocycles. The fourth-order valence-electron chi connectivity index (χ4n) is 4.63. The molecule has 2 N–H and O–H groups in total. The standard InChI is InChI=1S/C21H28N2O3/c1-13-11-14(2)18-16(12-13)15(3)19(22-18)20(25)23-8-6-21(7-9-23)17(24)5-4-10-26-21/h11-12,17,22,24H,4-10H2,1-3H3/t17-/m0/s1. The number of carbonyl (C=O) groups excluding carboxylic acids is 1. The number of hydrogen-bond donors (Lipinski definition) is 2. The van der Waals surface area contributed by atoms with Crippen LogP contribution in [0, 0.1) is 20.8 Å². The summed E-state index contributed by atoms with van der Waals surface area (Å²) in [6.45, 7) is 8.15. The molecule has 0 radical (unpaired) electrons. The minimum absolute atomic E-state index is 0.0518. The number of aryl methyl sites for hydroxylation is 3. The highest BCUT2D eigenvalue weighted by Crippen LogP contribution is 2.36. The maximum atomic E-state index is 13.1. The lowest BCUT2D eigenvalue weighted by atomic mass is 9.82. The van der Waals surface area contributed by atoms with Crippen LogP contribution in [0.2, 0.25) is 0 Å². The molecular weight excluding hydrogens is 328 g/mol. The predicted octanol–water partition coefficient (Wildman–Crippen LogP) is 3.24. The Balaban J connectivity index is 1.57. The van der Waals surface area contributed by atoms with Gasteiger partial charge in [-0.3, -0.25) is 4.79 Å². The monoisotopic (exact) mass is 356 g/mol. The molecule has 1 amide bonds. The van der Waals surface area contributed by atoms with Crippen molar-refractivity contribution in [1.29, 1.82) is 0 Å². The van der Waals surface area contributed by atoms with Crippen LogP contribution in [0.15, 0.2) is 12.1 Å². The second-order valence-corrected chi connectivity index (χ2v) is 7.99. The number of aromatic nitrogens is 1. The molecule has 26 heavy (non-hydrogen) atoms. The molecule has 5 nitrogen and oxygen atoms in total. The van der Waals surface area contributed by atoms with E-state index in [2.05, 4.69) is 31.0 Å². The molecular formula is C21H28N2O3. The van der Waals surface area contributed by atoms with Crippen LogP contribution in [0.1, 0.15) is 52.9 Å². The summed E-state index contributed by atoms with van der Waals surface area (Å²) in [6.07, 6.45) is 2.72. The number of carbonyl (C=O) groups is 1. The fraction of sp³-hybridized carbons (Fsp3) is 0.571. The molecule has 5 heteroatoms. The van der Waals surface area contributed by atoms with Gasteiger partial charge in [-0.25, -0.2) is 0 Å². The van der Waals surface area contributed by atoms with Gasteiger partial charge in [-0.05, 0) is 63.6 Å².